The van der Waals surface area contributed by atoms with Crippen molar-refractivity contribution in [2.45, 2.75) is 32.9 Å². The summed E-state index contributed by atoms with van der Waals surface area (Å²) in [7, 11) is 1.88. The molecular formula is C27H29N5O4. The second-order valence-corrected chi connectivity index (χ2v) is 9.12. The van der Waals surface area contributed by atoms with Crippen LogP contribution in [0.2, 0.25) is 0 Å². The molecule has 0 saturated carbocycles. The van der Waals surface area contributed by atoms with Crippen LogP contribution in [0, 0.1) is 0 Å². The van der Waals surface area contributed by atoms with E-state index in [4.69, 9.17) is 14.2 Å². The molecule has 0 radical (unpaired) electrons. The van der Waals surface area contributed by atoms with Gasteiger partial charge in [0.05, 0.1) is 36.6 Å². The first-order valence-corrected chi connectivity index (χ1v) is 12.0. The van der Waals surface area contributed by atoms with Crippen molar-refractivity contribution in [1.29, 1.82) is 0 Å². The highest BCUT2D eigenvalue weighted by atomic mass is 16.6. The number of fused-ring (bicyclic) bond motifs is 1. The molecule has 1 fully saturated rings. The number of morpholine rings is 1. The molecule has 1 amide bonds. The van der Waals surface area contributed by atoms with Gasteiger partial charge in [-0.25, -0.2) is 14.8 Å². The lowest BCUT2D eigenvalue weighted by Crippen LogP contribution is -2.48. The van der Waals surface area contributed by atoms with Gasteiger partial charge in [0.1, 0.15) is 12.0 Å². The lowest BCUT2D eigenvalue weighted by Gasteiger charge is -2.32. The molecule has 186 valence electrons. The fourth-order valence-electron chi connectivity index (χ4n) is 4.33. The van der Waals surface area contributed by atoms with E-state index in [9.17, 15) is 4.79 Å². The fourth-order valence-corrected chi connectivity index (χ4v) is 4.33. The molecule has 4 aromatic rings. The minimum Gasteiger partial charge on any atom is -0.487 e. The van der Waals surface area contributed by atoms with Crippen molar-refractivity contribution < 1.29 is 19.0 Å². The van der Waals surface area contributed by atoms with Gasteiger partial charge in [0.25, 0.3) is 0 Å². The Hall–Kier alpha value is -3.98. The maximum Gasteiger partial charge on any atom is 0.415 e. The van der Waals surface area contributed by atoms with Gasteiger partial charge in [-0.2, -0.15) is 5.10 Å². The molecule has 3 heterocycles. The lowest BCUT2D eigenvalue weighted by atomic mass is 10.0. The molecule has 2 aromatic carbocycles. The summed E-state index contributed by atoms with van der Waals surface area (Å²) in [5.41, 5.74) is 4.01. The van der Waals surface area contributed by atoms with E-state index in [1.807, 2.05) is 64.3 Å². The van der Waals surface area contributed by atoms with Crippen LogP contribution in [-0.4, -0.2) is 62.6 Å². The molecule has 1 saturated heterocycles. The normalized spacial score (nSPS) is 15.9. The summed E-state index contributed by atoms with van der Waals surface area (Å²) in [5, 5.41) is 5.42. The van der Waals surface area contributed by atoms with Gasteiger partial charge in [0.2, 0.25) is 0 Å². The second kappa shape index (κ2) is 9.94. The Kier molecular flexibility index (Phi) is 6.56. The summed E-state index contributed by atoms with van der Waals surface area (Å²) in [5.74, 6) is 0.770. The zero-order valence-corrected chi connectivity index (χ0v) is 20.8. The van der Waals surface area contributed by atoms with E-state index in [0.29, 0.717) is 42.5 Å². The SMILES string of the molecule is CC(C)Oc1cc2ncnc(-c3cn(C)nc3-c3ccccc3)c2cc1OC(=O)N1CCOC[C@H]1C. The zero-order chi connectivity index (χ0) is 25.2. The number of hydrogen-bond acceptors (Lipinski definition) is 7. The van der Waals surface area contributed by atoms with Crippen LogP contribution < -0.4 is 9.47 Å². The summed E-state index contributed by atoms with van der Waals surface area (Å²) in [6.45, 7) is 7.21. The minimum absolute atomic E-state index is 0.0797. The number of aryl methyl sites for hydroxylation is 1. The van der Waals surface area contributed by atoms with Crippen molar-refractivity contribution in [3.63, 3.8) is 0 Å². The van der Waals surface area contributed by atoms with Crippen molar-refractivity contribution in [3.8, 4) is 34.0 Å². The summed E-state index contributed by atoms with van der Waals surface area (Å²) in [6, 6.07) is 13.5. The number of carbonyl (C=O) groups is 1. The van der Waals surface area contributed by atoms with Crippen LogP contribution in [0.3, 0.4) is 0 Å². The molecule has 5 rings (SSSR count). The highest BCUT2D eigenvalue weighted by Crippen LogP contribution is 2.39. The average molecular weight is 488 g/mol. The van der Waals surface area contributed by atoms with Gasteiger partial charge >= 0.3 is 6.09 Å². The van der Waals surface area contributed by atoms with Crippen molar-refractivity contribution in [2.75, 3.05) is 19.8 Å². The number of nitrogens with zero attached hydrogens (tertiary/aromatic N) is 5. The highest BCUT2D eigenvalue weighted by molar-refractivity contribution is 5.97. The molecular weight excluding hydrogens is 458 g/mol. The Morgan fingerprint density at radius 3 is 2.67 bits per heavy atom. The van der Waals surface area contributed by atoms with Crippen LogP contribution in [-0.2, 0) is 11.8 Å². The van der Waals surface area contributed by atoms with E-state index in [2.05, 4.69) is 15.1 Å². The molecule has 0 unspecified atom stereocenters. The van der Waals surface area contributed by atoms with Gasteiger partial charge in [-0.15, -0.1) is 0 Å². The van der Waals surface area contributed by atoms with Crippen LogP contribution >= 0.6 is 0 Å². The van der Waals surface area contributed by atoms with Gasteiger partial charge in [0.15, 0.2) is 11.5 Å². The Balaban J connectivity index is 1.62. The smallest absolute Gasteiger partial charge is 0.415 e. The quantitative estimate of drug-likeness (QED) is 0.403. The molecule has 1 aliphatic heterocycles. The number of benzene rings is 2. The Morgan fingerprint density at radius 1 is 1.11 bits per heavy atom. The monoisotopic (exact) mass is 487 g/mol. The van der Waals surface area contributed by atoms with E-state index in [1.165, 1.54) is 6.33 Å². The Bertz CT molecular complexity index is 1390. The minimum atomic E-state index is -0.441. The molecule has 0 N–H and O–H groups in total. The standard InChI is InChI=1S/C27H29N5O4/c1-17(2)35-24-13-22-20(12-23(24)36-27(33)32-10-11-34-15-18(32)3)26(29-16-28-22)21-14-31(4)30-25(21)19-8-6-5-7-9-19/h5-9,12-14,16-18H,10-11,15H2,1-4H3/t18-/m1/s1. The molecule has 9 nitrogen and oxygen atoms in total. The first-order chi connectivity index (χ1) is 17.4. The number of rotatable bonds is 5. The third-order valence-electron chi connectivity index (χ3n) is 5.99. The predicted octanol–water partition coefficient (Wildman–Crippen LogP) is 4.70. The largest absolute Gasteiger partial charge is 0.487 e. The number of ether oxygens (including phenoxy) is 3. The number of amides is 1. The van der Waals surface area contributed by atoms with Crippen LogP contribution in [0.25, 0.3) is 33.4 Å². The van der Waals surface area contributed by atoms with Crippen LogP contribution in [0.4, 0.5) is 4.79 Å². The molecule has 0 spiro atoms. The van der Waals surface area contributed by atoms with Crippen LogP contribution in [0.1, 0.15) is 20.8 Å². The maximum atomic E-state index is 13.1. The summed E-state index contributed by atoms with van der Waals surface area (Å²) in [4.78, 5) is 23.9. The number of carbonyl (C=O) groups excluding carboxylic acids is 1. The highest BCUT2D eigenvalue weighted by Gasteiger charge is 2.27. The molecule has 0 bridgehead atoms. The van der Waals surface area contributed by atoms with Crippen molar-refractivity contribution >= 4 is 17.0 Å². The topological polar surface area (TPSA) is 91.6 Å². The number of aromatic nitrogens is 4. The van der Waals surface area contributed by atoms with E-state index < -0.39 is 6.09 Å². The molecule has 36 heavy (non-hydrogen) atoms. The van der Waals surface area contributed by atoms with Crippen LogP contribution in [0.5, 0.6) is 11.5 Å². The first-order valence-electron chi connectivity index (χ1n) is 12.0. The summed E-state index contributed by atoms with van der Waals surface area (Å²) >= 11 is 0. The van der Waals surface area contributed by atoms with Gasteiger partial charge in [0, 0.05) is 42.4 Å². The van der Waals surface area contributed by atoms with E-state index >= 15 is 0 Å². The molecule has 0 aliphatic carbocycles. The third-order valence-corrected chi connectivity index (χ3v) is 5.99. The van der Waals surface area contributed by atoms with Crippen LogP contribution in [0.15, 0.2) is 55.0 Å². The van der Waals surface area contributed by atoms with Crippen molar-refractivity contribution in [3.05, 3.63) is 55.0 Å². The van der Waals surface area contributed by atoms with Crippen molar-refractivity contribution in [2.24, 2.45) is 7.05 Å². The first kappa shape index (κ1) is 23.7. The van der Waals surface area contributed by atoms with Gasteiger partial charge in [-0.05, 0) is 26.8 Å². The van der Waals surface area contributed by atoms with Gasteiger partial charge in [-0.3, -0.25) is 4.68 Å². The predicted molar refractivity (Wildman–Crippen MR) is 136 cm³/mol. The number of hydrogen-bond donors (Lipinski definition) is 0. The fraction of sp³-hybridized carbons (Fsp3) is 0.333. The third kappa shape index (κ3) is 4.74. The lowest BCUT2D eigenvalue weighted by molar-refractivity contribution is 0.00823. The summed E-state index contributed by atoms with van der Waals surface area (Å²) in [6.07, 6.45) is 2.90. The molecule has 9 heteroatoms. The van der Waals surface area contributed by atoms with Crippen molar-refractivity contribution in [1.82, 2.24) is 24.6 Å². The second-order valence-electron chi connectivity index (χ2n) is 9.12. The average Bonchev–Trinajstić information content (AvgIpc) is 3.26. The zero-order valence-electron chi connectivity index (χ0n) is 20.8. The Morgan fingerprint density at radius 2 is 1.92 bits per heavy atom. The van der Waals surface area contributed by atoms with Gasteiger partial charge in [-0.1, -0.05) is 30.3 Å². The van der Waals surface area contributed by atoms with E-state index in [0.717, 1.165) is 22.2 Å². The molecule has 1 atom stereocenters. The van der Waals surface area contributed by atoms with E-state index in [1.54, 1.807) is 21.7 Å². The summed E-state index contributed by atoms with van der Waals surface area (Å²) < 4.78 is 19.1. The van der Waals surface area contributed by atoms with E-state index in [-0.39, 0.29) is 12.1 Å². The Labute approximate surface area is 209 Å². The molecule has 1 aliphatic rings. The molecule has 2 aromatic heterocycles. The van der Waals surface area contributed by atoms with Gasteiger partial charge < -0.3 is 19.1 Å². The maximum absolute atomic E-state index is 13.1.